The highest BCUT2D eigenvalue weighted by Crippen LogP contribution is 2.37. The van der Waals surface area contributed by atoms with Gasteiger partial charge in [-0.25, -0.2) is 4.98 Å². The summed E-state index contributed by atoms with van der Waals surface area (Å²) in [6.45, 7) is 6.78. The van der Waals surface area contributed by atoms with Crippen molar-refractivity contribution in [3.63, 3.8) is 0 Å². The van der Waals surface area contributed by atoms with Crippen molar-refractivity contribution >= 4 is 33.6 Å². The van der Waals surface area contributed by atoms with E-state index < -0.39 is 0 Å². The number of nitrogens with one attached hydrogen (secondary N) is 1. The van der Waals surface area contributed by atoms with Crippen LogP contribution in [0.15, 0.2) is 53.0 Å². The number of H-pyrrole nitrogens is 1. The van der Waals surface area contributed by atoms with E-state index in [4.69, 9.17) is 10.5 Å². The second-order valence-corrected chi connectivity index (χ2v) is 7.15. The van der Waals surface area contributed by atoms with Crippen molar-refractivity contribution in [3.8, 4) is 5.75 Å². The maximum absolute atomic E-state index is 6.01. The molecule has 0 aliphatic heterocycles. The van der Waals surface area contributed by atoms with Crippen molar-refractivity contribution in [2.45, 2.75) is 27.2 Å². The maximum atomic E-state index is 6.01. The predicted molar refractivity (Wildman–Crippen MR) is 112 cm³/mol. The molecule has 1 aromatic carbocycles. The molecule has 2 heterocycles. The minimum absolute atomic E-state index is 0.354. The Hall–Kier alpha value is -2.80. The van der Waals surface area contributed by atoms with Gasteiger partial charge < -0.3 is 10.5 Å². The number of pyridine rings is 1. The second-order valence-electron chi connectivity index (χ2n) is 6.02. The molecule has 0 aliphatic rings. The van der Waals surface area contributed by atoms with Crippen LogP contribution in [0, 0.1) is 0 Å². The summed E-state index contributed by atoms with van der Waals surface area (Å²) in [5, 5.41) is 10.6. The van der Waals surface area contributed by atoms with Gasteiger partial charge in [0, 0.05) is 15.9 Å². The normalized spacial score (nSPS) is 12.9. The second kappa shape index (κ2) is 8.73. The molecule has 3 N–H and O–H groups in total. The number of nitrogens with zero attached hydrogens (tertiary/aromatic N) is 3. The zero-order valence-electron chi connectivity index (χ0n) is 15.7. The van der Waals surface area contributed by atoms with E-state index in [0.29, 0.717) is 29.3 Å². The first kappa shape index (κ1) is 19.0. The number of benzene rings is 1. The van der Waals surface area contributed by atoms with Crippen LogP contribution in [0.25, 0.3) is 16.1 Å². The summed E-state index contributed by atoms with van der Waals surface area (Å²) >= 11 is 1.73. The Morgan fingerprint density at radius 1 is 1.26 bits per heavy atom. The summed E-state index contributed by atoms with van der Waals surface area (Å²) in [5.41, 5.74) is 9.43. The number of hydrogen-bond donors (Lipinski definition) is 2. The van der Waals surface area contributed by atoms with Crippen molar-refractivity contribution in [1.29, 1.82) is 0 Å². The summed E-state index contributed by atoms with van der Waals surface area (Å²) < 4.78 is 6.01. The SMILES string of the molecule is C/C=C(/COc1cc(N)nc2n[nH]nc12)SC(=C(C)CC)c1ccccc1. The third kappa shape index (κ3) is 4.49. The quantitative estimate of drug-likeness (QED) is 0.611. The van der Waals surface area contributed by atoms with E-state index in [-0.39, 0.29) is 0 Å². The van der Waals surface area contributed by atoms with Crippen LogP contribution in [-0.4, -0.2) is 27.0 Å². The standard InChI is InChI=1S/C20H23N5OS/c1-4-13(3)19(14-9-7-6-8-10-14)27-15(5-2)12-26-16-11-17(21)22-20-18(16)23-25-24-20/h5-11H,4,12H2,1-3H3,(H3,21,22,23,24,25)/b15-5-,19-13?. The highest BCUT2D eigenvalue weighted by Gasteiger charge is 2.13. The molecule has 27 heavy (non-hydrogen) atoms. The first-order valence-electron chi connectivity index (χ1n) is 8.80. The Bertz CT molecular complexity index is 978. The molecule has 2 aromatic heterocycles. The Balaban J connectivity index is 1.80. The number of nitrogens with two attached hydrogens (primary N) is 1. The van der Waals surface area contributed by atoms with Crippen molar-refractivity contribution < 1.29 is 4.74 Å². The molecular formula is C20H23N5OS. The van der Waals surface area contributed by atoms with E-state index >= 15 is 0 Å². The molecule has 0 saturated carbocycles. The van der Waals surface area contributed by atoms with Gasteiger partial charge in [-0.05, 0) is 25.8 Å². The van der Waals surface area contributed by atoms with Gasteiger partial charge in [0.25, 0.3) is 0 Å². The van der Waals surface area contributed by atoms with E-state index in [1.807, 2.05) is 13.0 Å². The summed E-state index contributed by atoms with van der Waals surface area (Å²) in [6.07, 6.45) is 3.07. The lowest BCUT2D eigenvalue weighted by Gasteiger charge is -2.15. The highest BCUT2D eigenvalue weighted by molar-refractivity contribution is 8.11. The van der Waals surface area contributed by atoms with Gasteiger partial charge in [-0.1, -0.05) is 60.7 Å². The van der Waals surface area contributed by atoms with Gasteiger partial charge >= 0.3 is 0 Å². The van der Waals surface area contributed by atoms with Crippen molar-refractivity contribution in [2.75, 3.05) is 12.3 Å². The van der Waals surface area contributed by atoms with Gasteiger partial charge in [0.1, 0.15) is 12.4 Å². The van der Waals surface area contributed by atoms with E-state index in [1.54, 1.807) is 17.8 Å². The number of thioether (sulfide) groups is 1. The van der Waals surface area contributed by atoms with Gasteiger partial charge in [0.15, 0.2) is 11.3 Å². The molecule has 6 nitrogen and oxygen atoms in total. The van der Waals surface area contributed by atoms with E-state index in [0.717, 1.165) is 11.3 Å². The van der Waals surface area contributed by atoms with Crippen molar-refractivity contribution in [2.24, 2.45) is 0 Å². The minimum atomic E-state index is 0.354. The van der Waals surface area contributed by atoms with E-state index in [2.05, 4.69) is 64.6 Å². The zero-order chi connectivity index (χ0) is 19.2. The lowest BCUT2D eigenvalue weighted by atomic mass is 10.1. The van der Waals surface area contributed by atoms with Crippen LogP contribution in [0.1, 0.15) is 32.8 Å². The van der Waals surface area contributed by atoms with E-state index in [1.165, 1.54) is 16.0 Å². The van der Waals surface area contributed by atoms with Gasteiger partial charge in [-0.3, -0.25) is 0 Å². The fraction of sp³-hybridized carbons (Fsp3) is 0.250. The number of nitrogen functional groups attached to an aromatic ring is 1. The Morgan fingerprint density at radius 3 is 2.74 bits per heavy atom. The molecule has 140 valence electrons. The first-order valence-corrected chi connectivity index (χ1v) is 9.62. The Labute approximate surface area is 162 Å². The summed E-state index contributed by atoms with van der Waals surface area (Å²) in [6, 6.07) is 12.1. The molecule has 0 atom stereocenters. The average Bonchev–Trinajstić information content (AvgIpc) is 3.16. The van der Waals surface area contributed by atoms with Crippen molar-refractivity contribution in [3.05, 3.63) is 58.5 Å². The number of ether oxygens (including phenoxy) is 1. The molecule has 7 heteroatoms. The monoisotopic (exact) mass is 381 g/mol. The number of allylic oxidation sites excluding steroid dienone is 2. The smallest absolute Gasteiger partial charge is 0.207 e. The van der Waals surface area contributed by atoms with Crippen molar-refractivity contribution in [1.82, 2.24) is 20.4 Å². The van der Waals surface area contributed by atoms with Crippen LogP contribution in [0.2, 0.25) is 0 Å². The lowest BCUT2D eigenvalue weighted by molar-refractivity contribution is 0.363. The summed E-state index contributed by atoms with van der Waals surface area (Å²) in [4.78, 5) is 6.50. The number of rotatable bonds is 7. The molecule has 0 amide bonds. The number of fused-ring (bicyclic) bond motifs is 1. The lowest BCUT2D eigenvalue weighted by Crippen LogP contribution is -2.02. The van der Waals surface area contributed by atoms with Crippen LogP contribution >= 0.6 is 11.8 Å². The predicted octanol–water partition coefficient (Wildman–Crippen LogP) is 4.79. The van der Waals surface area contributed by atoms with Crippen LogP contribution in [-0.2, 0) is 0 Å². The molecule has 0 spiro atoms. The average molecular weight is 382 g/mol. The Kier molecular flexibility index (Phi) is 6.13. The summed E-state index contributed by atoms with van der Waals surface area (Å²) in [7, 11) is 0. The van der Waals surface area contributed by atoms with Crippen LogP contribution in [0.5, 0.6) is 5.75 Å². The number of anilines is 1. The van der Waals surface area contributed by atoms with Crippen LogP contribution < -0.4 is 10.5 Å². The number of aromatic amines is 1. The van der Waals surface area contributed by atoms with Gasteiger partial charge in [0.05, 0.1) is 0 Å². The fourth-order valence-electron chi connectivity index (χ4n) is 2.53. The molecule has 3 rings (SSSR count). The third-order valence-corrected chi connectivity index (χ3v) is 5.56. The number of aromatic nitrogens is 4. The maximum Gasteiger partial charge on any atom is 0.207 e. The molecule has 0 radical (unpaired) electrons. The first-order chi connectivity index (χ1) is 13.1. The van der Waals surface area contributed by atoms with Gasteiger partial charge in [0.2, 0.25) is 5.65 Å². The topological polar surface area (TPSA) is 89.7 Å². The van der Waals surface area contributed by atoms with E-state index in [9.17, 15) is 0 Å². The number of hydrogen-bond acceptors (Lipinski definition) is 6. The molecule has 0 aliphatic carbocycles. The molecule has 0 saturated heterocycles. The third-order valence-electron chi connectivity index (χ3n) is 4.16. The van der Waals surface area contributed by atoms with Crippen LogP contribution in [0.4, 0.5) is 5.82 Å². The highest BCUT2D eigenvalue weighted by atomic mass is 32.2. The van der Waals surface area contributed by atoms with Crippen LogP contribution in [0.3, 0.4) is 0 Å². The molecule has 3 aromatic rings. The molecule has 0 bridgehead atoms. The molecule has 0 unspecified atom stereocenters. The zero-order valence-corrected chi connectivity index (χ0v) is 16.5. The largest absolute Gasteiger partial charge is 0.486 e. The fourth-order valence-corrected chi connectivity index (χ4v) is 3.60. The molecular weight excluding hydrogens is 358 g/mol. The Morgan fingerprint density at radius 2 is 2.04 bits per heavy atom. The molecule has 0 fully saturated rings. The van der Waals surface area contributed by atoms with Gasteiger partial charge in [-0.2, -0.15) is 10.3 Å². The summed E-state index contributed by atoms with van der Waals surface area (Å²) in [5.74, 6) is 0.927. The van der Waals surface area contributed by atoms with Gasteiger partial charge in [-0.15, -0.1) is 5.10 Å². The minimum Gasteiger partial charge on any atom is -0.486 e.